The van der Waals surface area contributed by atoms with Gasteiger partial charge in [0, 0.05) is 11.6 Å². The zero-order chi connectivity index (χ0) is 18.4. The summed E-state index contributed by atoms with van der Waals surface area (Å²) in [6, 6.07) is 10.6. The molecule has 1 heterocycles. The Morgan fingerprint density at radius 3 is 2.58 bits per heavy atom. The maximum Gasteiger partial charge on any atom is 0.335 e. The van der Waals surface area contributed by atoms with Crippen LogP contribution in [-0.2, 0) is 0 Å². The lowest BCUT2D eigenvalue weighted by atomic mass is 9.96. The summed E-state index contributed by atoms with van der Waals surface area (Å²) in [5.74, 6) is 0.272. The van der Waals surface area contributed by atoms with Gasteiger partial charge in [0.05, 0.1) is 11.8 Å². The SMILES string of the molecule is O=C(O)c1ccc(-c2ccc(/C=N/NC(=S)NC3CCCCC3)o2)cc1. The summed E-state index contributed by atoms with van der Waals surface area (Å²) in [6.07, 6.45) is 7.64. The molecule has 26 heavy (non-hydrogen) atoms. The molecule has 0 atom stereocenters. The number of furan rings is 1. The number of rotatable bonds is 5. The Morgan fingerprint density at radius 2 is 1.88 bits per heavy atom. The van der Waals surface area contributed by atoms with E-state index in [2.05, 4.69) is 15.8 Å². The summed E-state index contributed by atoms with van der Waals surface area (Å²) in [6.45, 7) is 0. The van der Waals surface area contributed by atoms with Crippen molar-refractivity contribution in [2.75, 3.05) is 0 Å². The maximum absolute atomic E-state index is 10.9. The molecule has 0 amide bonds. The molecular formula is C19H21N3O3S. The third-order valence-corrected chi connectivity index (χ3v) is 4.55. The zero-order valence-corrected chi connectivity index (χ0v) is 15.1. The number of benzene rings is 1. The third kappa shape index (κ3) is 4.92. The molecule has 1 aliphatic carbocycles. The first kappa shape index (κ1) is 18.1. The number of nitrogens with zero attached hydrogens (tertiary/aromatic N) is 1. The van der Waals surface area contributed by atoms with Gasteiger partial charge in [-0.1, -0.05) is 31.4 Å². The second-order valence-electron chi connectivity index (χ2n) is 6.26. The lowest BCUT2D eigenvalue weighted by Crippen LogP contribution is -2.40. The first-order valence-electron chi connectivity index (χ1n) is 8.65. The van der Waals surface area contributed by atoms with E-state index in [0.717, 1.165) is 18.4 Å². The molecule has 1 fully saturated rings. The Kier molecular flexibility index (Phi) is 6.01. The van der Waals surface area contributed by atoms with E-state index in [0.29, 0.717) is 22.7 Å². The van der Waals surface area contributed by atoms with Crippen LogP contribution in [0.25, 0.3) is 11.3 Å². The van der Waals surface area contributed by atoms with Crippen LogP contribution in [0.15, 0.2) is 45.9 Å². The zero-order valence-electron chi connectivity index (χ0n) is 14.3. The Hall–Kier alpha value is -2.67. The third-order valence-electron chi connectivity index (χ3n) is 4.34. The fourth-order valence-corrected chi connectivity index (χ4v) is 3.19. The van der Waals surface area contributed by atoms with E-state index in [-0.39, 0.29) is 5.56 Å². The number of hydrogen-bond acceptors (Lipinski definition) is 4. The van der Waals surface area contributed by atoms with Crippen LogP contribution in [0.3, 0.4) is 0 Å². The van der Waals surface area contributed by atoms with Crippen LogP contribution >= 0.6 is 12.2 Å². The Morgan fingerprint density at radius 1 is 1.15 bits per heavy atom. The Bertz CT molecular complexity index is 793. The largest absolute Gasteiger partial charge is 0.478 e. The van der Waals surface area contributed by atoms with E-state index >= 15 is 0 Å². The minimum atomic E-state index is -0.951. The summed E-state index contributed by atoms with van der Waals surface area (Å²) in [5.41, 5.74) is 3.86. The summed E-state index contributed by atoms with van der Waals surface area (Å²) in [7, 11) is 0. The number of thiocarbonyl (C=S) groups is 1. The summed E-state index contributed by atoms with van der Waals surface area (Å²) in [5, 5.41) is 16.8. The van der Waals surface area contributed by atoms with Gasteiger partial charge in [-0.15, -0.1) is 0 Å². The molecule has 1 aromatic heterocycles. The normalized spacial score (nSPS) is 15.1. The highest BCUT2D eigenvalue weighted by Gasteiger charge is 2.13. The van der Waals surface area contributed by atoms with Crippen LogP contribution < -0.4 is 10.7 Å². The molecule has 0 unspecified atom stereocenters. The van der Waals surface area contributed by atoms with E-state index in [1.165, 1.54) is 19.3 Å². The van der Waals surface area contributed by atoms with Crippen LogP contribution in [0.4, 0.5) is 0 Å². The molecule has 1 saturated carbocycles. The van der Waals surface area contributed by atoms with Gasteiger partial charge in [0.15, 0.2) is 5.11 Å². The van der Waals surface area contributed by atoms with Crippen molar-refractivity contribution in [3.05, 3.63) is 47.7 Å². The fraction of sp³-hybridized carbons (Fsp3) is 0.316. The van der Waals surface area contributed by atoms with Crippen LogP contribution in [0, 0.1) is 0 Å². The van der Waals surface area contributed by atoms with Crippen molar-refractivity contribution >= 4 is 29.5 Å². The van der Waals surface area contributed by atoms with Crippen molar-refractivity contribution in [1.29, 1.82) is 0 Å². The number of aromatic carboxylic acids is 1. The molecule has 3 rings (SSSR count). The van der Waals surface area contributed by atoms with E-state index in [1.54, 1.807) is 36.5 Å². The summed E-state index contributed by atoms with van der Waals surface area (Å²) < 4.78 is 5.70. The minimum Gasteiger partial charge on any atom is -0.478 e. The molecule has 6 nitrogen and oxygen atoms in total. The van der Waals surface area contributed by atoms with Gasteiger partial charge < -0.3 is 14.8 Å². The van der Waals surface area contributed by atoms with Crippen LogP contribution in [0.5, 0.6) is 0 Å². The van der Waals surface area contributed by atoms with Crippen LogP contribution in [-0.4, -0.2) is 28.4 Å². The predicted octanol–water partition coefficient (Wildman–Crippen LogP) is 3.78. The highest BCUT2D eigenvalue weighted by atomic mass is 32.1. The second-order valence-corrected chi connectivity index (χ2v) is 6.67. The average Bonchev–Trinajstić information content (AvgIpc) is 3.11. The van der Waals surface area contributed by atoms with Crippen molar-refractivity contribution in [3.8, 4) is 11.3 Å². The number of hydrogen-bond donors (Lipinski definition) is 3. The smallest absolute Gasteiger partial charge is 0.335 e. The average molecular weight is 371 g/mol. The van der Waals surface area contributed by atoms with Gasteiger partial charge >= 0.3 is 5.97 Å². The van der Waals surface area contributed by atoms with E-state index in [4.69, 9.17) is 21.7 Å². The molecule has 0 radical (unpaired) electrons. The number of carboxylic acids is 1. The van der Waals surface area contributed by atoms with Crippen LogP contribution in [0.2, 0.25) is 0 Å². The Balaban J connectivity index is 1.53. The molecule has 3 N–H and O–H groups in total. The molecule has 7 heteroatoms. The number of nitrogens with one attached hydrogen (secondary N) is 2. The summed E-state index contributed by atoms with van der Waals surface area (Å²) >= 11 is 5.25. The van der Waals surface area contributed by atoms with Gasteiger partial charge in [-0.2, -0.15) is 5.10 Å². The van der Waals surface area contributed by atoms with Crippen molar-refractivity contribution < 1.29 is 14.3 Å². The molecule has 0 bridgehead atoms. The quantitative estimate of drug-likeness (QED) is 0.421. The molecule has 1 aliphatic rings. The molecule has 0 saturated heterocycles. The van der Waals surface area contributed by atoms with Gasteiger partial charge in [0.25, 0.3) is 0 Å². The highest BCUT2D eigenvalue weighted by molar-refractivity contribution is 7.80. The number of carboxylic acid groups (broad SMARTS) is 1. The van der Waals surface area contributed by atoms with Gasteiger partial charge in [-0.25, -0.2) is 4.79 Å². The van der Waals surface area contributed by atoms with Crippen molar-refractivity contribution in [2.24, 2.45) is 5.10 Å². The van der Waals surface area contributed by atoms with E-state index in [9.17, 15) is 4.79 Å². The van der Waals surface area contributed by atoms with Crippen LogP contribution in [0.1, 0.15) is 48.2 Å². The molecular weight excluding hydrogens is 350 g/mol. The fourth-order valence-electron chi connectivity index (χ4n) is 2.97. The Labute approximate surface area is 157 Å². The molecule has 0 spiro atoms. The standard InChI is InChI=1S/C19H21N3O3S/c23-18(24)14-8-6-13(7-9-14)17-11-10-16(25-17)12-20-22-19(26)21-15-4-2-1-3-5-15/h6-12,15H,1-5H2,(H,23,24)(H2,21,22,26)/b20-12+. The van der Waals surface area contributed by atoms with Crippen molar-refractivity contribution in [1.82, 2.24) is 10.7 Å². The molecule has 1 aromatic carbocycles. The second kappa shape index (κ2) is 8.62. The predicted molar refractivity (Wildman–Crippen MR) is 104 cm³/mol. The lowest BCUT2D eigenvalue weighted by molar-refractivity contribution is 0.0697. The van der Waals surface area contributed by atoms with Crippen molar-refractivity contribution in [2.45, 2.75) is 38.1 Å². The first-order valence-corrected chi connectivity index (χ1v) is 9.06. The molecule has 2 aromatic rings. The maximum atomic E-state index is 10.9. The number of hydrazone groups is 1. The van der Waals surface area contributed by atoms with Crippen molar-refractivity contribution in [3.63, 3.8) is 0 Å². The van der Waals surface area contributed by atoms with Gasteiger partial charge in [0.2, 0.25) is 0 Å². The monoisotopic (exact) mass is 371 g/mol. The van der Waals surface area contributed by atoms with E-state index < -0.39 is 5.97 Å². The topological polar surface area (TPSA) is 86.9 Å². The van der Waals surface area contributed by atoms with E-state index in [1.807, 2.05) is 6.07 Å². The number of carbonyl (C=O) groups is 1. The lowest BCUT2D eigenvalue weighted by Gasteiger charge is -2.23. The minimum absolute atomic E-state index is 0.241. The summed E-state index contributed by atoms with van der Waals surface area (Å²) in [4.78, 5) is 10.9. The van der Waals surface area contributed by atoms with Gasteiger partial charge in [-0.05, 0) is 49.3 Å². The highest BCUT2D eigenvalue weighted by Crippen LogP contribution is 2.22. The molecule has 0 aliphatic heterocycles. The van der Waals surface area contributed by atoms with Gasteiger partial charge in [-0.3, -0.25) is 5.43 Å². The molecule has 136 valence electrons. The van der Waals surface area contributed by atoms with Gasteiger partial charge in [0.1, 0.15) is 11.5 Å². The first-order chi connectivity index (χ1) is 12.6.